The van der Waals surface area contributed by atoms with Crippen LogP contribution >= 0.6 is 0 Å². The summed E-state index contributed by atoms with van der Waals surface area (Å²) in [4.78, 5) is 0. The summed E-state index contributed by atoms with van der Waals surface area (Å²) >= 11 is 0. The Labute approximate surface area is 282 Å². The van der Waals surface area contributed by atoms with Crippen LogP contribution in [0.25, 0.3) is 0 Å². The van der Waals surface area contributed by atoms with Gasteiger partial charge in [0, 0.05) is 0 Å². The lowest BCUT2D eigenvalue weighted by atomic mass is 9.89. The van der Waals surface area contributed by atoms with Gasteiger partial charge in [0.25, 0.3) is 0 Å². The molecule has 44 heavy (non-hydrogen) atoms. The van der Waals surface area contributed by atoms with Crippen LogP contribution in [0.15, 0.2) is 0 Å². The third kappa shape index (κ3) is 38.2. The van der Waals surface area contributed by atoms with Gasteiger partial charge >= 0.3 is 0 Å². The van der Waals surface area contributed by atoms with Gasteiger partial charge < -0.3 is 0 Å². The van der Waals surface area contributed by atoms with Crippen molar-refractivity contribution in [1.82, 2.24) is 0 Å². The summed E-state index contributed by atoms with van der Waals surface area (Å²) < 4.78 is 0. The second-order valence-electron chi connectivity index (χ2n) is 15.3. The highest BCUT2D eigenvalue weighted by atomic mass is 14.1. The maximum absolute atomic E-state index is 2.32. The van der Waals surface area contributed by atoms with E-state index in [-0.39, 0.29) is 0 Å². The smallest absolute Gasteiger partial charge is 0.0414 e. The second kappa shape index (κ2) is 41.0. The largest absolute Gasteiger partial charge is 0.0654 e. The standard InChI is InChI=1S/C44H90/c1-4-7-10-13-16-19-22-24-25-28-31-34-37-40-43-44(41-38-35-32-29-26-21-18-15-12-9-6-3)42-39-36-33-30-27-23-20-17-14-11-8-5-2/h44H,4-43H2,1-3H3. The van der Waals surface area contributed by atoms with Crippen LogP contribution in [-0.4, -0.2) is 0 Å². The minimum absolute atomic E-state index is 1.04. The molecule has 0 radical (unpaired) electrons. The monoisotopic (exact) mass is 619 g/mol. The number of hydrogen-bond acceptors (Lipinski definition) is 0. The molecule has 0 aromatic heterocycles. The first kappa shape index (κ1) is 44.0. The van der Waals surface area contributed by atoms with E-state index >= 15 is 0 Å². The normalized spacial score (nSPS) is 12.3. The molecule has 0 bridgehead atoms. The molecule has 0 aliphatic heterocycles. The van der Waals surface area contributed by atoms with Crippen molar-refractivity contribution >= 4 is 0 Å². The van der Waals surface area contributed by atoms with Crippen LogP contribution in [0.4, 0.5) is 0 Å². The molecule has 0 rings (SSSR count). The second-order valence-corrected chi connectivity index (χ2v) is 15.3. The van der Waals surface area contributed by atoms with Crippen LogP contribution in [0.2, 0.25) is 0 Å². The van der Waals surface area contributed by atoms with E-state index in [1.807, 2.05) is 0 Å². The summed E-state index contributed by atoms with van der Waals surface area (Å²) in [5, 5.41) is 0. The molecule has 1 unspecified atom stereocenters. The Kier molecular flexibility index (Phi) is 41.0. The van der Waals surface area contributed by atoms with E-state index in [0.717, 1.165) is 5.92 Å². The molecule has 0 aliphatic rings. The van der Waals surface area contributed by atoms with Gasteiger partial charge in [-0.3, -0.25) is 0 Å². The molecule has 1 atom stereocenters. The number of unbranched alkanes of at least 4 members (excludes halogenated alkanes) is 34. The van der Waals surface area contributed by atoms with Crippen molar-refractivity contribution < 1.29 is 0 Å². The Morgan fingerprint density at radius 1 is 0.182 bits per heavy atom. The third-order valence-electron chi connectivity index (χ3n) is 10.6. The predicted molar refractivity (Wildman–Crippen MR) is 205 cm³/mol. The molecular formula is C44H90. The molecule has 0 N–H and O–H groups in total. The van der Waals surface area contributed by atoms with Gasteiger partial charge in [-0.15, -0.1) is 0 Å². The highest BCUT2D eigenvalue weighted by Crippen LogP contribution is 2.25. The molecule has 0 nitrogen and oxygen atoms in total. The summed E-state index contributed by atoms with van der Waals surface area (Å²) in [5.41, 5.74) is 0. The van der Waals surface area contributed by atoms with E-state index in [0.29, 0.717) is 0 Å². The lowest BCUT2D eigenvalue weighted by Gasteiger charge is -2.17. The summed E-state index contributed by atoms with van der Waals surface area (Å²) in [5.74, 6) is 1.04. The predicted octanol–water partition coefficient (Wildman–Crippen LogP) is 17.3. The van der Waals surface area contributed by atoms with Gasteiger partial charge in [0.15, 0.2) is 0 Å². The fourth-order valence-electron chi connectivity index (χ4n) is 7.43. The lowest BCUT2D eigenvalue weighted by molar-refractivity contribution is 0.365. The molecule has 0 saturated heterocycles. The molecule has 0 aliphatic carbocycles. The first-order valence-corrected chi connectivity index (χ1v) is 21.8. The van der Waals surface area contributed by atoms with Crippen molar-refractivity contribution in [2.45, 2.75) is 278 Å². The molecule has 0 aromatic rings. The van der Waals surface area contributed by atoms with Crippen LogP contribution in [-0.2, 0) is 0 Å². The fraction of sp³-hybridized carbons (Fsp3) is 1.00. The minimum Gasteiger partial charge on any atom is -0.0654 e. The molecular weight excluding hydrogens is 528 g/mol. The van der Waals surface area contributed by atoms with E-state index in [9.17, 15) is 0 Å². The van der Waals surface area contributed by atoms with Crippen molar-refractivity contribution in [3.05, 3.63) is 0 Å². The average molecular weight is 619 g/mol. The molecule has 0 amide bonds. The van der Waals surface area contributed by atoms with Crippen LogP contribution in [0.1, 0.15) is 278 Å². The van der Waals surface area contributed by atoms with Gasteiger partial charge in [0.1, 0.15) is 0 Å². The zero-order valence-corrected chi connectivity index (χ0v) is 31.9. The summed E-state index contributed by atoms with van der Waals surface area (Å²) in [6, 6.07) is 0. The molecule has 0 heterocycles. The maximum atomic E-state index is 2.32. The lowest BCUT2D eigenvalue weighted by Crippen LogP contribution is -2.01. The van der Waals surface area contributed by atoms with Gasteiger partial charge in [-0.1, -0.05) is 278 Å². The molecule has 0 fully saturated rings. The zero-order valence-electron chi connectivity index (χ0n) is 31.9. The van der Waals surface area contributed by atoms with Crippen LogP contribution in [0.3, 0.4) is 0 Å². The van der Waals surface area contributed by atoms with Gasteiger partial charge in [0.2, 0.25) is 0 Å². The Morgan fingerprint density at radius 2 is 0.318 bits per heavy atom. The molecule has 0 saturated carbocycles. The Hall–Kier alpha value is 0. The maximum Gasteiger partial charge on any atom is -0.0414 e. The summed E-state index contributed by atoms with van der Waals surface area (Å²) in [6.07, 6.45) is 59.3. The van der Waals surface area contributed by atoms with Crippen LogP contribution in [0.5, 0.6) is 0 Å². The first-order valence-electron chi connectivity index (χ1n) is 21.8. The van der Waals surface area contributed by atoms with Crippen molar-refractivity contribution in [2.24, 2.45) is 5.92 Å². The van der Waals surface area contributed by atoms with Crippen molar-refractivity contribution in [3.8, 4) is 0 Å². The molecule has 266 valence electrons. The van der Waals surface area contributed by atoms with Gasteiger partial charge in [-0.05, 0) is 5.92 Å². The van der Waals surface area contributed by atoms with Gasteiger partial charge in [0.05, 0.1) is 0 Å². The van der Waals surface area contributed by atoms with E-state index in [1.54, 1.807) is 0 Å². The highest BCUT2D eigenvalue weighted by Gasteiger charge is 2.09. The molecule has 0 aromatic carbocycles. The molecule has 0 heteroatoms. The fourth-order valence-corrected chi connectivity index (χ4v) is 7.43. The van der Waals surface area contributed by atoms with Gasteiger partial charge in [-0.2, -0.15) is 0 Å². The first-order chi connectivity index (χ1) is 21.8. The van der Waals surface area contributed by atoms with E-state index in [1.165, 1.54) is 257 Å². The van der Waals surface area contributed by atoms with E-state index < -0.39 is 0 Å². The SMILES string of the molecule is CCCCCCCCCCCCCCCCC(CCCCCCCCCCCCC)CCCCCCCCCCCCCC. The Morgan fingerprint density at radius 3 is 0.477 bits per heavy atom. The van der Waals surface area contributed by atoms with E-state index in [4.69, 9.17) is 0 Å². The highest BCUT2D eigenvalue weighted by molar-refractivity contribution is 4.62. The third-order valence-corrected chi connectivity index (χ3v) is 10.6. The van der Waals surface area contributed by atoms with Crippen molar-refractivity contribution in [3.63, 3.8) is 0 Å². The number of rotatable bonds is 40. The summed E-state index contributed by atoms with van der Waals surface area (Å²) in [6.45, 7) is 6.96. The van der Waals surface area contributed by atoms with Crippen LogP contribution < -0.4 is 0 Å². The van der Waals surface area contributed by atoms with Crippen LogP contribution in [0, 0.1) is 5.92 Å². The van der Waals surface area contributed by atoms with Crippen molar-refractivity contribution in [2.75, 3.05) is 0 Å². The molecule has 0 spiro atoms. The Bertz CT molecular complexity index is 467. The van der Waals surface area contributed by atoms with Crippen molar-refractivity contribution in [1.29, 1.82) is 0 Å². The average Bonchev–Trinajstić information content (AvgIpc) is 3.03. The topological polar surface area (TPSA) is 0 Å². The summed E-state index contributed by atoms with van der Waals surface area (Å²) in [7, 11) is 0. The van der Waals surface area contributed by atoms with Gasteiger partial charge in [-0.25, -0.2) is 0 Å². The number of hydrogen-bond donors (Lipinski definition) is 0. The van der Waals surface area contributed by atoms with E-state index in [2.05, 4.69) is 20.8 Å². The Balaban J connectivity index is 3.89. The minimum atomic E-state index is 1.04. The quantitative estimate of drug-likeness (QED) is 0.0599. The zero-order chi connectivity index (χ0) is 31.9.